The lowest BCUT2D eigenvalue weighted by Crippen LogP contribution is -2.39. The topological polar surface area (TPSA) is 24.9 Å². The van der Waals surface area contributed by atoms with Gasteiger partial charge in [-0.1, -0.05) is 27.7 Å². The summed E-state index contributed by atoms with van der Waals surface area (Å²) in [5.74, 6) is 0. The van der Waals surface area contributed by atoms with Gasteiger partial charge in [-0.15, -0.1) is 11.3 Å². The zero-order valence-electron chi connectivity index (χ0n) is 10.4. The lowest BCUT2D eigenvalue weighted by atomic mass is 9.85. The maximum absolute atomic E-state index is 4.46. The molecule has 0 fully saturated rings. The molecule has 0 aliphatic rings. The van der Waals surface area contributed by atoms with Crippen molar-refractivity contribution in [3.8, 4) is 0 Å². The van der Waals surface area contributed by atoms with Gasteiger partial charge >= 0.3 is 0 Å². The SMILES string of the molecule is CCC(NCc1csc(C)n1)C(C)(C)C. The third kappa shape index (κ3) is 3.92. The predicted molar refractivity (Wildman–Crippen MR) is 67.2 cm³/mol. The number of hydrogen-bond acceptors (Lipinski definition) is 3. The lowest BCUT2D eigenvalue weighted by Gasteiger charge is -2.30. The molecular weight excluding hydrogens is 204 g/mol. The first kappa shape index (κ1) is 12.7. The standard InChI is InChI=1S/C12H22N2S/c1-6-11(12(3,4)5)13-7-10-8-15-9(2)14-10/h8,11,13H,6-7H2,1-5H3. The molecule has 0 aliphatic heterocycles. The van der Waals surface area contributed by atoms with Crippen LogP contribution in [0.4, 0.5) is 0 Å². The number of nitrogens with one attached hydrogen (secondary N) is 1. The van der Waals surface area contributed by atoms with Crippen LogP contribution < -0.4 is 5.32 Å². The molecule has 0 aromatic carbocycles. The number of thiazole rings is 1. The van der Waals surface area contributed by atoms with Gasteiger partial charge in [0, 0.05) is 18.0 Å². The first-order chi connectivity index (χ1) is 6.93. The Labute approximate surface area is 97.1 Å². The van der Waals surface area contributed by atoms with Crippen molar-refractivity contribution >= 4 is 11.3 Å². The Balaban J connectivity index is 2.48. The quantitative estimate of drug-likeness (QED) is 0.851. The van der Waals surface area contributed by atoms with Crippen molar-refractivity contribution in [3.63, 3.8) is 0 Å². The fourth-order valence-electron chi connectivity index (χ4n) is 1.78. The van der Waals surface area contributed by atoms with E-state index in [-0.39, 0.29) is 0 Å². The van der Waals surface area contributed by atoms with Gasteiger partial charge in [0.2, 0.25) is 0 Å². The zero-order valence-corrected chi connectivity index (χ0v) is 11.2. The van der Waals surface area contributed by atoms with Crippen molar-refractivity contribution in [3.05, 3.63) is 16.1 Å². The van der Waals surface area contributed by atoms with Gasteiger partial charge in [-0.05, 0) is 18.8 Å². The minimum Gasteiger partial charge on any atom is -0.308 e. The first-order valence-corrected chi connectivity index (χ1v) is 6.46. The summed E-state index contributed by atoms with van der Waals surface area (Å²) < 4.78 is 0. The average molecular weight is 226 g/mol. The normalized spacial score (nSPS) is 14.2. The van der Waals surface area contributed by atoms with Crippen LogP contribution >= 0.6 is 11.3 Å². The highest BCUT2D eigenvalue weighted by Crippen LogP contribution is 2.22. The number of aryl methyl sites for hydroxylation is 1. The van der Waals surface area contributed by atoms with E-state index in [1.807, 2.05) is 0 Å². The lowest BCUT2D eigenvalue weighted by molar-refractivity contribution is 0.259. The molecule has 1 aromatic rings. The summed E-state index contributed by atoms with van der Waals surface area (Å²) in [6.07, 6.45) is 1.16. The van der Waals surface area contributed by atoms with Crippen LogP contribution in [0.25, 0.3) is 0 Å². The van der Waals surface area contributed by atoms with E-state index in [1.165, 1.54) is 5.69 Å². The monoisotopic (exact) mass is 226 g/mol. The van der Waals surface area contributed by atoms with E-state index in [4.69, 9.17) is 0 Å². The molecule has 0 aliphatic carbocycles. The van der Waals surface area contributed by atoms with Crippen LogP contribution in [0, 0.1) is 12.3 Å². The molecule has 0 radical (unpaired) electrons. The highest BCUT2D eigenvalue weighted by Gasteiger charge is 2.22. The van der Waals surface area contributed by atoms with E-state index >= 15 is 0 Å². The molecule has 1 heterocycles. The predicted octanol–water partition coefficient (Wildman–Crippen LogP) is 3.37. The smallest absolute Gasteiger partial charge is 0.0897 e. The summed E-state index contributed by atoms with van der Waals surface area (Å²) in [5.41, 5.74) is 1.49. The van der Waals surface area contributed by atoms with Crippen LogP contribution in [0.15, 0.2) is 5.38 Å². The highest BCUT2D eigenvalue weighted by molar-refractivity contribution is 7.09. The second-order valence-corrected chi connectivity index (χ2v) is 6.13. The molecule has 0 saturated heterocycles. The molecule has 1 N–H and O–H groups in total. The molecule has 0 saturated carbocycles. The van der Waals surface area contributed by atoms with E-state index in [9.17, 15) is 0 Å². The summed E-state index contributed by atoms with van der Waals surface area (Å²) in [6, 6.07) is 0.555. The van der Waals surface area contributed by atoms with Crippen molar-refractivity contribution in [1.29, 1.82) is 0 Å². The fourth-order valence-corrected chi connectivity index (χ4v) is 2.39. The molecule has 1 rings (SSSR count). The Hall–Kier alpha value is -0.410. The third-order valence-corrected chi connectivity index (χ3v) is 3.47. The van der Waals surface area contributed by atoms with E-state index in [0.717, 1.165) is 18.0 Å². The Morgan fingerprint density at radius 2 is 2.13 bits per heavy atom. The van der Waals surface area contributed by atoms with Crippen LogP contribution in [-0.2, 0) is 6.54 Å². The van der Waals surface area contributed by atoms with Gasteiger partial charge in [0.1, 0.15) is 0 Å². The summed E-state index contributed by atoms with van der Waals surface area (Å²) in [7, 11) is 0. The van der Waals surface area contributed by atoms with Crippen molar-refractivity contribution in [2.75, 3.05) is 0 Å². The van der Waals surface area contributed by atoms with Crippen LogP contribution in [0.5, 0.6) is 0 Å². The van der Waals surface area contributed by atoms with Gasteiger partial charge in [0.05, 0.1) is 10.7 Å². The molecule has 86 valence electrons. The number of nitrogens with zero attached hydrogens (tertiary/aromatic N) is 1. The molecule has 1 atom stereocenters. The zero-order chi connectivity index (χ0) is 11.5. The average Bonchev–Trinajstić information content (AvgIpc) is 2.50. The summed E-state index contributed by atoms with van der Waals surface area (Å²) in [6.45, 7) is 12.0. The van der Waals surface area contributed by atoms with Crippen molar-refractivity contribution < 1.29 is 0 Å². The van der Waals surface area contributed by atoms with Crippen LogP contribution in [0.2, 0.25) is 0 Å². The van der Waals surface area contributed by atoms with Crippen molar-refractivity contribution in [1.82, 2.24) is 10.3 Å². The third-order valence-electron chi connectivity index (χ3n) is 2.65. The number of rotatable bonds is 4. The van der Waals surface area contributed by atoms with E-state index in [0.29, 0.717) is 11.5 Å². The van der Waals surface area contributed by atoms with Crippen LogP contribution in [-0.4, -0.2) is 11.0 Å². The Morgan fingerprint density at radius 1 is 1.47 bits per heavy atom. The van der Waals surface area contributed by atoms with E-state index in [1.54, 1.807) is 11.3 Å². The van der Waals surface area contributed by atoms with Gasteiger partial charge in [0.25, 0.3) is 0 Å². The van der Waals surface area contributed by atoms with Gasteiger partial charge in [-0.3, -0.25) is 0 Å². The highest BCUT2D eigenvalue weighted by atomic mass is 32.1. The molecule has 1 unspecified atom stereocenters. The minimum atomic E-state index is 0.319. The van der Waals surface area contributed by atoms with Crippen LogP contribution in [0.3, 0.4) is 0 Å². The van der Waals surface area contributed by atoms with Crippen molar-refractivity contribution in [2.24, 2.45) is 5.41 Å². The molecular formula is C12H22N2S. The van der Waals surface area contributed by atoms with E-state index < -0.39 is 0 Å². The van der Waals surface area contributed by atoms with Crippen molar-refractivity contribution in [2.45, 2.75) is 53.6 Å². The maximum atomic E-state index is 4.46. The van der Waals surface area contributed by atoms with Gasteiger partial charge in [-0.2, -0.15) is 0 Å². The Kier molecular flexibility index (Phi) is 4.29. The van der Waals surface area contributed by atoms with Gasteiger partial charge in [-0.25, -0.2) is 4.98 Å². The molecule has 3 heteroatoms. The second-order valence-electron chi connectivity index (χ2n) is 5.07. The Morgan fingerprint density at radius 3 is 2.53 bits per heavy atom. The number of aromatic nitrogens is 1. The summed E-state index contributed by atoms with van der Waals surface area (Å²) >= 11 is 1.72. The second kappa shape index (κ2) is 5.08. The minimum absolute atomic E-state index is 0.319. The molecule has 0 spiro atoms. The van der Waals surface area contributed by atoms with Gasteiger partial charge < -0.3 is 5.32 Å². The molecule has 1 aromatic heterocycles. The Bertz CT molecular complexity index is 299. The molecule has 15 heavy (non-hydrogen) atoms. The molecule has 2 nitrogen and oxygen atoms in total. The first-order valence-electron chi connectivity index (χ1n) is 5.58. The summed E-state index contributed by atoms with van der Waals surface area (Å²) in [5, 5.41) is 6.87. The number of hydrogen-bond donors (Lipinski definition) is 1. The largest absolute Gasteiger partial charge is 0.308 e. The maximum Gasteiger partial charge on any atom is 0.0897 e. The van der Waals surface area contributed by atoms with E-state index in [2.05, 4.69) is 50.3 Å². The fraction of sp³-hybridized carbons (Fsp3) is 0.750. The van der Waals surface area contributed by atoms with Crippen LogP contribution in [0.1, 0.15) is 44.8 Å². The molecule has 0 bridgehead atoms. The summed E-state index contributed by atoms with van der Waals surface area (Å²) in [4.78, 5) is 4.46. The molecule has 0 amide bonds. The van der Waals surface area contributed by atoms with Gasteiger partial charge in [0.15, 0.2) is 0 Å².